The molecule has 2 atom stereocenters. The van der Waals surface area contributed by atoms with Crippen molar-refractivity contribution < 1.29 is 56.0 Å². The summed E-state index contributed by atoms with van der Waals surface area (Å²) < 4.78 is 74.2. The summed E-state index contributed by atoms with van der Waals surface area (Å²) in [5, 5.41) is 3.83. The number of carbonyl (C=O) groups is 2. The lowest BCUT2D eigenvalue weighted by atomic mass is 9.76. The molecule has 0 spiro atoms. The molecule has 5 aromatic rings. The molecule has 0 saturated carbocycles. The molecule has 4 aromatic carbocycles. The average molecular weight is 907 g/mol. The summed E-state index contributed by atoms with van der Waals surface area (Å²) in [6.45, 7) is 9.94. The van der Waals surface area contributed by atoms with Crippen LogP contribution < -0.4 is 35.5 Å². The van der Waals surface area contributed by atoms with E-state index < -0.39 is 41.0 Å². The van der Waals surface area contributed by atoms with Crippen molar-refractivity contribution in [1.82, 2.24) is 14.2 Å². The maximum absolute atomic E-state index is 13.1. The van der Waals surface area contributed by atoms with Crippen LogP contribution in [0.5, 0.6) is 28.7 Å². The number of nitrogens with zero attached hydrogens (tertiary/aromatic N) is 3. The lowest BCUT2D eigenvalue weighted by Gasteiger charge is -2.43. The fourth-order valence-corrected chi connectivity index (χ4v) is 6.96. The summed E-state index contributed by atoms with van der Waals surface area (Å²) in [5.74, 6) is 1.71. The predicted octanol–water partition coefficient (Wildman–Crippen LogP) is 8.56. The van der Waals surface area contributed by atoms with Crippen LogP contribution in [0.2, 0.25) is 0 Å². The van der Waals surface area contributed by atoms with Gasteiger partial charge in [-0.1, -0.05) is 39.0 Å². The molecular weight excluding hydrogens is 854 g/mol. The van der Waals surface area contributed by atoms with E-state index in [2.05, 4.69) is 19.2 Å². The number of amides is 2. The number of anilines is 1. The highest BCUT2D eigenvalue weighted by molar-refractivity contribution is 5.88. The van der Waals surface area contributed by atoms with E-state index in [1.165, 1.54) is 45.5 Å². The van der Waals surface area contributed by atoms with Gasteiger partial charge in [0.2, 0.25) is 5.79 Å². The molecule has 2 amide bonds. The summed E-state index contributed by atoms with van der Waals surface area (Å²) in [4.78, 5) is 53.2. The lowest BCUT2D eigenvalue weighted by Crippen LogP contribution is -2.45. The van der Waals surface area contributed by atoms with E-state index in [0.717, 1.165) is 41.8 Å². The van der Waals surface area contributed by atoms with Crippen LogP contribution in [-0.2, 0) is 50.8 Å². The molecule has 0 bridgehead atoms. The summed E-state index contributed by atoms with van der Waals surface area (Å²) in [5.41, 5.74) is -0.118. The van der Waals surface area contributed by atoms with Crippen LogP contribution in [0.25, 0.3) is 5.69 Å². The van der Waals surface area contributed by atoms with Crippen LogP contribution in [-0.4, -0.2) is 66.5 Å². The number of aryl methyl sites for hydroxylation is 1. The molecule has 0 radical (unpaired) electrons. The number of esters is 1. The first-order valence-corrected chi connectivity index (χ1v) is 20.4. The van der Waals surface area contributed by atoms with Gasteiger partial charge in [0.15, 0.2) is 6.10 Å². The number of benzene rings is 4. The number of carbonyl (C=O) groups excluding carboxylic acids is 2. The number of urea groups is 1. The van der Waals surface area contributed by atoms with Crippen molar-refractivity contribution in [2.75, 3.05) is 33.7 Å². The number of ether oxygens (including phenoxy) is 6. The van der Waals surface area contributed by atoms with Crippen molar-refractivity contribution in [3.63, 3.8) is 0 Å². The van der Waals surface area contributed by atoms with Gasteiger partial charge in [0, 0.05) is 63.5 Å². The molecule has 348 valence electrons. The Hall–Kier alpha value is -6.79. The molecule has 1 aromatic heterocycles. The van der Waals surface area contributed by atoms with E-state index in [9.17, 15) is 32.3 Å². The second-order valence-electron chi connectivity index (χ2n) is 15.8. The second kappa shape index (κ2) is 20.4. The Labute approximate surface area is 374 Å². The molecule has 0 aliphatic carbocycles. The Morgan fingerprint density at radius 3 is 2.14 bits per heavy atom. The first-order valence-electron chi connectivity index (χ1n) is 20.4. The van der Waals surface area contributed by atoms with E-state index in [0.29, 0.717) is 49.4 Å². The molecule has 65 heavy (non-hydrogen) atoms. The third-order valence-electron chi connectivity index (χ3n) is 10.6. The van der Waals surface area contributed by atoms with Crippen LogP contribution >= 0.6 is 0 Å². The highest BCUT2D eigenvalue weighted by Gasteiger charge is 2.42. The third-order valence-corrected chi connectivity index (χ3v) is 10.6. The Bertz CT molecular complexity index is 2590. The number of aromatic nitrogens is 2. The van der Waals surface area contributed by atoms with Crippen molar-refractivity contribution in [3.05, 3.63) is 134 Å². The zero-order valence-corrected chi connectivity index (χ0v) is 37.8. The summed E-state index contributed by atoms with van der Waals surface area (Å²) >= 11 is 0. The molecule has 1 aliphatic rings. The van der Waals surface area contributed by atoms with Crippen molar-refractivity contribution in [1.29, 1.82) is 0 Å². The summed E-state index contributed by atoms with van der Waals surface area (Å²) in [6.07, 6.45) is -4.15. The number of halogens is 3. The lowest BCUT2D eigenvalue weighted by molar-refractivity contribution is -0.172. The molecule has 18 heteroatoms. The molecule has 6 rings (SSSR count). The van der Waals surface area contributed by atoms with Crippen LogP contribution in [0.1, 0.15) is 63.4 Å². The van der Waals surface area contributed by atoms with Gasteiger partial charge in [0.05, 0.1) is 19.9 Å². The fraction of sp³-hybridized carbons (Fsp3) is 0.362. The number of fused-ring (bicyclic) bond motifs is 1. The van der Waals surface area contributed by atoms with Gasteiger partial charge in [0.1, 0.15) is 41.0 Å². The van der Waals surface area contributed by atoms with Gasteiger partial charge >= 0.3 is 23.9 Å². The van der Waals surface area contributed by atoms with Crippen LogP contribution in [0.15, 0.2) is 101 Å². The van der Waals surface area contributed by atoms with Crippen LogP contribution in [0.3, 0.4) is 0 Å². The molecular formula is C47H53F3N4O11. The molecule has 0 fully saturated rings. The van der Waals surface area contributed by atoms with Crippen molar-refractivity contribution >= 4 is 17.7 Å². The monoisotopic (exact) mass is 906 g/mol. The SMILES string of the molecule is CCc1ccc(COc2ccc(-n3c(=O)cc(C(F)(F)F)n(C)c3=O)cc2)c(OC(C)C(=O)OC)c1.CON(C)C(=O)Nc1ccc(Oc2ccc3c(c2)OC(C)(OC)CC3(C)C)cc1. The summed E-state index contributed by atoms with van der Waals surface area (Å²) in [7, 11) is 6.83. The van der Waals surface area contributed by atoms with Gasteiger partial charge in [-0.3, -0.25) is 14.2 Å². The zero-order valence-electron chi connectivity index (χ0n) is 37.8. The first-order chi connectivity index (χ1) is 30.6. The molecule has 1 N–H and O–H groups in total. The highest BCUT2D eigenvalue weighted by Crippen LogP contribution is 2.46. The Kier molecular flexibility index (Phi) is 15.4. The van der Waals surface area contributed by atoms with E-state index >= 15 is 0 Å². The van der Waals surface area contributed by atoms with Crippen molar-refractivity contribution in [2.45, 2.75) is 77.5 Å². The minimum atomic E-state index is -4.84. The average Bonchev–Trinajstić information content (AvgIpc) is 3.27. The van der Waals surface area contributed by atoms with E-state index in [1.807, 2.05) is 50.2 Å². The number of hydrogen-bond acceptors (Lipinski definition) is 11. The minimum Gasteiger partial charge on any atom is -0.489 e. The Balaban J connectivity index is 0.000000250. The summed E-state index contributed by atoms with van der Waals surface area (Å²) in [6, 6.07) is 24.2. The van der Waals surface area contributed by atoms with E-state index in [-0.39, 0.29) is 23.7 Å². The predicted molar refractivity (Wildman–Crippen MR) is 235 cm³/mol. The quantitative estimate of drug-likeness (QED) is 0.0892. The number of alkyl halides is 3. The molecule has 1 aliphatic heterocycles. The van der Waals surface area contributed by atoms with Crippen molar-refractivity contribution in [3.8, 4) is 34.4 Å². The van der Waals surface area contributed by atoms with E-state index in [1.54, 1.807) is 38.3 Å². The maximum atomic E-state index is 13.1. The molecule has 0 saturated heterocycles. The highest BCUT2D eigenvalue weighted by atomic mass is 19.4. The van der Waals surface area contributed by atoms with Gasteiger partial charge in [-0.05, 0) is 85.0 Å². The van der Waals surface area contributed by atoms with Gasteiger partial charge in [-0.2, -0.15) is 13.2 Å². The second-order valence-corrected chi connectivity index (χ2v) is 15.8. The fourth-order valence-electron chi connectivity index (χ4n) is 6.96. The van der Waals surface area contributed by atoms with Gasteiger partial charge in [0.25, 0.3) is 5.56 Å². The standard InChI is InChI=1S/C25H25F3N2O6.C22H28N2O5/c1-5-16-6-7-17(20(12-16)36-15(2)23(32)34-4)14-35-19-10-8-18(9-11-19)30-22(31)13-21(25(26,27)28)29(3)24(30)33;1-21(2)14-22(3,26-5)29-19-13-17(11-12-18(19)21)28-16-9-7-15(8-10-16)23-20(25)24(4)27-6/h6-13,15H,5,14H2,1-4H3;7-13H,14H2,1-6H3,(H,23,25). The Morgan fingerprint density at radius 2 is 1.54 bits per heavy atom. The number of nitrogens with one attached hydrogen (secondary N) is 1. The zero-order chi connectivity index (χ0) is 47.9. The number of methoxy groups -OCH3 is 2. The number of hydrogen-bond donors (Lipinski definition) is 1. The molecule has 15 nitrogen and oxygen atoms in total. The van der Waals surface area contributed by atoms with Crippen molar-refractivity contribution in [2.24, 2.45) is 7.05 Å². The normalized spacial score (nSPS) is 15.5. The van der Waals surface area contributed by atoms with E-state index in [4.69, 9.17) is 33.3 Å². The Morgan fingerprint density at radius 1 is 0.892 bits per heavy atom. The minimum absolute atomic E-state index is 0.0773. The van der Waals surface area contributed by atoms with Gasteiger partial charge < -0.3 is 33.7 Å². The topological polar surface area (TPSA) is 158 Å². The maximum Gasteiger partial charge on any atom is 0.431 e. The largest absolute Gasteiger partial charge is 0.489 e. The van der Waals surface area contributed by atoms with Crippen LogP contribution in [0.4, 0.5) is 23.7 Å². The number of hydroxylamine groups is 2. The van der Waals surface area contributed by atoms with Crippen LogP contribution in [0, 0.1) is 0 Å². The molecule has 2 unspecified atom stereocenters. The number of rotatable bonds is 13. The molecule has 2 heterocycles. The third kappa shape index (κ3) is 12.1. The smallest absolute Gasteiger partial charge is 0.431 e. The van der Waals surface area contributed by atoms with Gasteiger partial charge in [-0.15, -0.1) is 0 Å². The van der Waals surface area contributed by atoms with Gasteiger partial charge in [-0.25, -0.2) is 24.0 Å². The first kappa shape index (κ1) is 49.2.